The molecule has 0 aliphatic heterocycles. The summed E-state index contributed by atoms with van der Waals surface area (Å²) >= 11 is 0. The van der Waals surface area contributed by atoms with E-state index in [0.717, 1.165) is 12.1 Å². The average molecular weight is 449 g/mol. The van der Waals surface area contributed by atoms with Crippen molar-refractivity contribution in [2.75, 3.05) is 0 Å². The minimum atomic E-state index is -5.30. The lowest BCUT2D eigenvalue weighted by molar-refractivity contribution is -0.142. The number of primary sulfonamides is 1. The van der Waals surface area contributed by atoms with Crippen molar-refractivity contribution in [1.29, 1.82) is 0 Å². The monoisotopic (exact) mass is 449 g/mol. The summed E-state index contributed by atoms with van der Waals surface area (Å²) in [5.74, 6) is -6.61. The lowest BCUT2D eigenvalue weighted by Gasteiger charge is -2.15. The predicted octanol–water partition coefficient (Wildman–Crippen LogP) is 5.24. The Morgan fingerprint density at radius 2 is 1.10 bits per heavy atom. The molecule has 0 saturated heterocycles. The molecule has 0 saturated carbocycles. The van der Waals surface area contributed by atoms with Gasteiger partial charge >= 0.3 is 6.18 Å². The molecule has 3 aromatic carbocycles. The molecule has 0 unspecified atom stereocenters. The van der Waals surface area contributed by atoms with Gasteiger partial charge < -0.3 is 0 Å². The normalized spacial score (nSPS) is 12.3. The molecule has 0 fully saturated rings. The number of alkyl halides is 3. The Bertz CT molecular complexity index is 1210. The number of hydrogen-bond donors (Lipinski definition) is 1. The number of benzene rings is 3. The van der Waals surface area contributed by atoms with E-state index < -0.39 is 50.6 Å². The van der Waals surface area contributed by atoms with Crippen molar-refractivity contribution in [3.05, 3.63) is 77.4 Å². The fraction of sp³-hybridized carbons (Fsp3) is 0.0526. The van der Waals surface area contributed by atoms with Crippen LogP contribution >= 0.6 is 0 Å². The van der Waals surface area contributed by atoms with Gasteiger partial charge in [0.15, 0.2) is 11.6 Å². The van der Waals surface area contributed by atoms with E-state index in [1.54, 1.807) is 0 Å². The van der Waals surface area contributed by atoms with Crippen LogP contribution in [0.15, 0.2) is 53.4 Å². The first-order valence-electron chi connectivity index (χ1n) is 7.98. The van der Waals surface area contributed by atoms with E-state index in [1.165, 1.54) is 12.1 Å². The van der Waals surface area contributed by atoms with Gasteiger partial charge in [0.05, 0.1) is 4.90 Å². The van der Waals surface area contributed by atoms with E-state index >= 15 is 0 Å². The molecule has 0 bridgehead atoms. The molecule has 158 valence electrons. The Morgan fingerprint density at radius 1 is 0.667 bits per heavy atom. The Hall–Kier alpha value is -2.92. The molecule has 0 radical (unpaired) electrons. The maximum atomic E-state index is 14.0. The molecule has 0 atom stereocenters. The van der Waals surface area contributed by atoms with Crippen molar-refractivity contribution >= 4 is 10.0 Å². The first kappa shape index (κ1) is 21.8. The fourth-order valence-electron chi connectivity index (χ4n) is 2.85. The average Bonchev–Trinajstić information content (AvgIpc) is 2.61. The Kier molecular flexibility index (Phi) is 5.37. The summed E-state index contributed by atoms with van der Waals surface area (Å²) in [4.78, 5) is -0.290. The SMILES string of the molecule is NS(=O)(=O)c1ccc(-c2cc(F)c(F)cc2-c2cc(F)c(C(F)(F)F)c(F)c2)cc1. The van der Waals surface area contributed by atoms with Crippen molar-refractivity contribution in [3.63, 3.8) is 0 Å². The topological polar surface area (TPSA) is 60.2 Å². The van der Waals surface area contributed by atoms with Crippen LogP contribution in [0.4, 0.5) is 30.7 Å². The summed E-state index contributed by atoms with van der Waals surface area (Å²) in [7, 11) is -4.05. The van der Waals surface area contributed by atoms with Gasteiger partial charge in [-0.25, -0.2) is 31.1 Å². The minimum Gasteiger partial charge on any atom is -0.225 e. The van der Waals surface area contributed by atoms with Gasteiger partial charge in [0, 0.05) is 0 Å². The summed E-state index contributed by atoms with van der Waals surface area (Å²) in [5, 5.41) is 4.98. The van der Waals surface area contributed by atoms with Gasteiger partial charge in [0.1, 0.15) is 17.2 Å². The molecule has 11 heteroatoms. The zero-order valence-electron chi connectivity index (χ0n) is 14.6. The molecule has 3 nitrogen and oxygen atoms in total. The van der Waals surface area contributed by atoms with Crippen LogP contribution in [0.5, 0.6) is 0 Å². The zero-order chi connectivity index (χ0) is 22.4. The van der Waals surface area contributed by atoms with Gasteiger partial charge in [-0.15, -0.1) is 0 Å². The van der Waals surface area contributed by atoms with Gasteiger partial charge in [0.2, 0.25) is 10.0 Å². The highest BCUT2D eigenvalue weighted by Crippen LogP contribution is 2.39. The zero-order valence-corrected chi connectivity index (χ0v) is 15.4. The first-order valence-corrected chi connectivity index (χ1v) is 9.52. The largest absolute Gasteiger partial charge is 0.422 e. The lowest BCUT2D eigenvalue weighted by Crippen LogP contribution is -2.12. The maximum absolute atomic E-state index is 14.0. The highest BCUT2D eigenvalue weighted by atomic mass is 32.2. The smallest absolute Gasteiger partial charge is 0.225 e. The van der Waals surface area contributed by atoms with E-state index in [-0.39, 0.29) is 21.6 Å². The van der Waals surface area contributed by atoms with E-state index in [1.807, 2.05) is 0 Å². The molecule has 30 heavy (non-hydrogen) atoms. The number of rotatable bonds is 3. The molecule has 2 N–H and O–H groups in total. The quantitative estimate of drug-likeness (QED) is 0.556. The third-order valence-electron chi connectivity index (χ3n) is 4.19. The fourth-order valence-corrected chi connectivity index (χ4v) is 3.36. The molecule has 0 aromatic heterocycles. The molecule has 0 aliphatic carbocycles. The number of halogens is 7. The molecule has 0 heterocycles. The Balaban J connectivity index is 2.23. The third-order valence-corrected chi connectivity index (χ3v) is 5.12. The van der Waals surface area contributed by atoms with E-state index in [9.17, 15) is 39.2 Å². The molecule has 3 aromatic rings. The third kappa shape index (κ3) is 4.17. The van der Waals surface area contributed by atoms with E-state index in [4.69, 9.17) is 5.14 Å². The second kappa shape index (κ2) is 7.40. The van der Waals surface area contributed by atoms with Crippen molar-refractivity contribution < 1.29 is 39.2 Å². The van der Waals surface area contributed by atoms with Gasteiger partial charge in [-0.3, -0.25) is 0 Å². The number of nitrogens with two attached hydrogens (primary N) is 1. The molecule has 3 rings (SSSR count). The molecule has 0 spiro atoms. The molecule has 0 aliphatic rings. The molecule has 0 amide bonds. The van der Waals surface area contributed by atoms with Crippen LogP contribution in [0.2, 0.25) is 0 Å². The van der Waals surface area contributed by atoms with Crippen LogP contribution in [-0.4, -0.2) is 8.42 Å². The highest BCUT2D eigenvalue weighted by molar-refractivity contribution is 7.89. The van der Waals surface area contributed by atoms with E-state index in [0.29, 0.717) is 24.3 Å². The van der Waals surface area contributed by atoms with Crippen molar-refractivity contribution in [2.45, 2.75) is 11.1 Å². The van der Waals surface area contributed by atoms with Gasteiger partial charge in [-0.2, -0.15) is 13.2 Å². The van der Waals surface area contributed by atoms with Crippen molar-refractivity contribution in [2.24, 2.45) is 5.14 Å². The van der Waals surface area contributed by atoms with Crippen LogP contribution in [-0.2, 0) is 16.2 Å². The Morgan fingerprint density at radius 3 is 1.50 bits per heavy atom. The van der Waals surface area contributed by atoms with E-state index in [2.05, 4.69) is 0 Å². The number of hydrogen-bond acceptors (Lipinski definition) is 2. The van der Waals surface area contributed by atoms with Gasteiger partial charge in [-0.05, 0) is 58.7 Å². The predicted molar refractivity (Wildman–Crippen MR) is 93.5 cm³/mol. The second-order valence-corrected chi connectivity index (χ2v) is 7.76. The lowest BCUT2D eigenvalue weighted by atomic mass is 9.93. The van der Waals surface area contributed by atoms with Crippen molar-refractivity contribution in [1.82, 2.24) is 0 Å². The summed E-state index contributed by atoms with van der Waals surface area (Å²) < 4.78 is 117. The van der Waals surface area contributed by atoms with Crippen LogP contribution in [0.1, 0.15) is 5.56 Å². The molecular weight excluding hydrogens is 439 g/mol. The van der Waals surface area contributed by atoms with Gasteiger partial charge in [0.25, 0.3) is 0 Å². The standard InChI is InChI=1S/C19H10F7NO2S/c20-14-7-12(9-1-3-11(4-2-9)30(27,28)29)13(8-15(14)21)10-5-16(22)18(17(23)6-10)19(24,25)26/h1-8H,(H2,27,28,29). The maximum Gasteiger partial charge on any atom is 0.422 e. The minimum absolute atomic E-state index is 0.0945. The number of sulfonamides is 1. The van der Waals surface area contributed by atoms with Gasteiger partial charge in [-0.1, -0.05) is 12.1 Å². The van der Waals surface area contributed by atoms with Crippen LogP contribution in [0, 0.1) is 23.3 Å². The summed E-state index contributed by atoms with van der Waals surface area (Å²) in [6.45, 7) is 0. The first-order chi connectivity index (χ1) is 13.8. The van der Waals surface area contributed by atoms with Crippen LogP contribution < -0.4 is 5.14 Å². The van der Waals surface area contributed by atoms with Crippen LogP contribution in [0.3, 0.4) is 0 Å². The van der Waals surface area contributed by atoms with Crippen molar-refractivity contribution in [3.8, 4) is 22.3 Å². The highest BCUT2D eigenvalue weighted by Gasteiger charge is 2.38. The summed E-state index contributed by atoms with van der Waals surface area (Å²) in [6.07, 6.45) is -5.30. The summed E-state index contributed by atoms with van der Waals surface area (Å²) in [6, 6.07) is 6.40. The second-order valence-electron chi connectivity index (χ2n) is 6.19. The van der Waals surface area contributed by atoms with Crippen LogP contribution in [0.25, 0.3) is 22.3 Å². The summed E-state index contributed by atoms with van der Waals surface area (Å²) in [5.41, 5.74) is -2.97. The Labute approximate surface area is 165 Å². The molecular formula is C19H10F7NO2S.